The molecule has 1 amide bonds. The zero-order valence-corrected chi connectivity index (χ0v) is 18.7. The van der Waals surface area contributed by atoms with Crippen molar-refractivity contribution in [3.63, 3.8) is 0 Å². The third-order valence-corrected chi connectivity index (χ3v) is 5.64. The van der Waals surface area contributed by atoms with Crippen molar-refractivity contribution in [3.8, 4) is 5.75 Å². The highest BCUT2D eigenvalue weighted by molar-refractivity contribution is 6.51. The maximum Gasteiger partial charge on any atom is 0.300 e. The molecule has 1 unspecified atom stereocenters. The van der Waals surface area contributed by atoms with E-state index in [0.29, 0.717) is 28.6 Å². The van der Waals surface area contributed by atoms with Crippen LogP contribution < -0.4 is 9.64 Å². The highest BCUT2D eigenvalue weighted by Gasteiger charge is 2.47. The number of hydrogen-bond acceptors (Lipinski definition) is 6. The predicted octanol–water partition coefficient (Wildman–Crippen LogP) is 5.27. The maximum atomic E-state index is 13.1. The van der Waals surface area contributed by atoms with Crippen LogP contribution >= 0.6 is 11.6 Å². The number of nitrogens with zero attached hydrogens (tertiary/aromatic N) is 2. The Balaban J connectivity index is 1.91. The summed E-state index contributed by atoms with van der Waals surface area (Å²) < 4.78 is 5.48. The van der Waals surface area contributed by atoms with Crippen LogP contribution in [0.15, 0.2) is 78.4 Å². The molecular weight excluding hydrogens is 460 g/mol. The Kier molecular flexibility index (Phi) is 6.34. The number of aliphatic hydroxyl groups excluding tert-OH is 1. The van der Waals surface area contributed by atoms with Crippen LogP contribution in [0.1, 0.15) is 24.1 Å². The molecule has 8 nitrogen and oxygen atoms in total. The standard InChI is InChI=1S/C25H19ClN2O6/c1-2-34-20-12-6-15(7-13-20)22-21(23(29)16-4-3-5-19(14-16)28(32)33)24(30)25(31)27(22)18-10-8-17(26)9-11-18/h3-14,22,29H,2H2,1H3/b23-21-. The van der Waals surface area contributed by atoms with Gasteiger partial charge in [0, 0.05) is 28.4 Å². The fraction of sp³-hybridized carbons (Fsp3) is 0.120. The van der Waals surface area contributed by atoms with Gasteiger partial charge in [0.05, 0.1) is 23.1 Å². The van der Waals surface area contributed by atoms with Crippen molar-refractivity contribution in [2.24, 2.45) is 0 Å². The second kappa shape index (κ2) is 9.36. The van der Waals surface area contributed by atoms with E-state index < -0.39 is 28.4 Å². The number of non-ortho nitro benzene ring substituents is 1. The van der Waals surface area contributed by atoms with Gasteiger partial charge >= 0.3 is 0 Å². The number of anilines is 1. The van der Waals surface area contributed by atoms with E-state index in [9.17, 15) is 24.8 Å². The van der Waals surface area contributed by atoms with Gasteiger partial charge in [0.1, 0.15) is 11.5 Å². The average Bonchev–Trinajstić information content (AvgIpc) is 3.10. The molecule has 1 saturated heterocycles. The highest BCUT2D eigenvalue weighted by atomic mass is 35.5. The molecule has 1 aliphatic heterocycles. The summed E-state index contributed by atoms with van der Waals surface area (Å²) in [6, 6.07) is 17.5. The highest BCUT2D eigenvalue weighted by Crippen LogP contribution is 2.42. The quantitative estimate of drug-likeness (QED) is 0.170. The Hall–Kier alpha value is -4.17. The number of benzene rings is 3. The van der Waals surface area contributed by atoms with Crippen molar-refractivity contribution in [1.29, 1.82) is 0 Å². The van der Waals surface area contributed by atoms with Crippen LogP contribution in [0.4, 0.5) is 11.4 Å². The Labute approximate surface area is 199 Å². The summed E-state index contributed by atoms with van der Waals surface area (Å²) in [4.78, 5) is 38.2. The zero-order valence-electron chi connectivity index (χ0n) is 18.0. The van der Waals surface area contributed by atoms with Crippen LogP contribution in [-0.4, -0.2) is 28.3 Å². The van der Waals surface area contributed by atoms with Crippen LogP contribution in [0.3, 0.4) is 0 Å². The van der Waals surface area contributed by atoms with E-state index in [0.717, 1.165) is 6.07 Å². The molecule has 3 aromatic carbocycles. The van der Waals surface area contributed by atoms with Crippen LogP contribution in [0, 0.1) is 10.1 Å². The number of amides is 1. The first-order chi connectivity index (χ1) is 16.3. The van der Waals surface area contributed by atoms with Gasteiger partial charge in [-0.1, -0.05) is 35.9 Å². The van der Waals surface area contributed by atoms with Crippen LogP contribution in [0.25, 0.3) is 5.76 Å². The first-order valence-electron chi connectivity index (χ1n) is 10.4. The van der Waals surface area contributed by atoms with Gasteiger partial charge in [0.25, 0.3) is 17.4 Å². The fourth-order valence-electron chi connectivity index (χ4n) is 3.85. The van der Waals surface area contributed by atoms with Crippen molar-refractivity contribution in [1.82, 2.24) is 0 Å². The molecule has 1 fully saturated rings. The summed E-state index contributed by atoms with van der Waals surface area (Å²) in [6.45, 7) is 2.32. The lowest BCUT2D eigenvalue weighted by molar-refractivity contribution is -0.384. The number of Topliss-reactive ketones (excluding diaryl/α,β-unsaturated/α-hetero) is 1. The molecule has 9 heteroatoms. The number of hydrogen-bond donors (Lipinski definition) is 1. The molecular formula is C25H19ClN2O6. The SMILES string of the molecule is CCOc1ccc(C2/C(=C(/O)c3cccc([N+](=O)[O-])c3)C(=O)C(=O)N2c2ccc(Cl)cc2)cc1. The minimum atomic E-state index is -0.976. The number of carbonyl (C=O) groups excluding carboxylic acids is 2. The van der Waals surface area contributed by atoms with E-state index in [4.69, 9.17) is 16.3 Å². The molecule has 4 rings (SSSR count). The molecule has 0 aromatic heterocycles. The lowest BCUT2D eigenvalue weighted by atomic mass is 9.95. The molecule has 34 heavy (non-hydrogen) atoms. The smallest absolute Gasteiger partial charge is 0.300 e. The molecule has 0 aliphatic carbocycles. The van der Waals surface area contributed by atoms with Gasteiger partial charge < -0.3 is 9.84 Å². The van der Waals surface area contributed by atoms with E-state index >= 15 is 0 Å². The molecule has 1 N–H and O–H groups in total. The van der Waals surface area contributed by atoms with E-state index in [1.54, 1.807) is 48.5 Å². The second-order valence-corrected chi connectivity index (χ2v) is 7.89. The number of carbonyl (C=O) groups is 2. The summed E-state index contributed by atoms with van der Waals surface area (Å²) >= 11 is 5.99. The van der Waals surface area contributed by atoms with Gasteiger partial charge in [-0.25, -0.2) is 0 Å². The average molecular weight is 479 g/mol. The number of rotatable bonds is 6. The van der Waals surface area contributed by atoms with Crippen molar-refractivity contribution >= 4 is 40.4 Å². The van der Waals surface area contributed by atoms with Crippen LogP contribution in [-0.2, 0) is 9.59 Å². The Morgan fingerprint density at radius 3 is 2.38 bits per heavy atom. The van der Waals surface area contributed by atoms with Crippen LogP contribution in [0.5, 0.6) is 5.75 Å². The lowest BCUT2D eigenvalue weighted by Gasteiger charge is -2.25. The molecule has 3 aromatic rings. The largest absolute Gasteiger partial charge is 0.507 e. The second-order valence-electron chi connectivity index (χ2n) is 7.46. The van der Waals surface area contributed by atoms with Gasteiger partial charge in [0.2, 0.25) is 0 Å². The Morgan fingerprint density at radius 2 is 1.76 bits per heavy atom. The molecule has 172 valence electrons. The normalized spacial score (nSPS) is 17.1. The topological polar surface area (TPSA) is 110 Å². The third-order valence-electron chi connectivity index (χ3n) is 5.39. The number of halogens is 1. The number of nitro benzene ring substituents is 1. The Morgan fingerprint density at radius 1 is 1.09 bits per heavy atom. The summed E-state index contributed by atoms with van der Waals surface area (Å²) in [5, 5.41) is 22.8. The van der Waals surface area contributed by atoms with E-state index in [1.807, 2.05) is 6.92 Å². The van der Waals surface area contributed by atoms with Gasteiger partial charge in [-0.3, -0.25) is 24.6 Å². The number of nitro groups is 1. The van der Waals surface area contributed by atoms with Crippen molar-refractivity contribution in [2.75, 3.05) is 11.5 Å². The third kappa shape index (κ3) is 4.23. The molecule has 0 spiro atoms. The first kappa shape index (κ1) is 23.0. The molecule has 0 radical (unpaired) electrons. The lowest BCUT2D eigenvalue weighted by Crippen LogP contribution is -2.29. The summed E-state index contributed by atoms with van der Waals surface area (Å²) in [5.41, 5.74) is 0.575. The summed E-state index contributed by atoms with van der Waals surface area (Å²) in [5.74, 6) is -1.64. The minimum Gasteiger partial charge on any atom is -0.507 e. The number of ether oxygens (including phenoxy) is 1. The molecule has 0 saturated carbocycles. The monoisotopic (exact) mass is 478 g/mol. The summed E-state index contributed by atoms with van der Waals surface area (Å²) in [6.07, 6.45) is 0. The zero-order chi connectivity index (χ0) is 24.4. The van der Waals surface area contributed by atoms with Gasteiger partial charge in [-0.05, 0) is 48.9 Å². The van der Waals surface area contributed by atoms with Crippen LogP contribution in [0.2, 0.25) is 5.02 Å². The molecule has 1 heterocycles. The number of ketones is 1. The molecule has 0 bridgehead atoms. The number of aliphatic hydroxyl groups is 1. The van der Waals surface area contributed by atoms with E-state index in [-0.39, 0.29) is 16.8 Å². The van der Waals surface area contributed by atoms with Gasteiger partial charge in [-0.15, -0.1) is 0 Å². The van der Waals surface area contributed by atoms with E-state index in [1.165, 1.54) is 23.1 Å². The van der Waals surface area contributed by atoms with E-state index in [2.05, 4.69) is 0 Å². The summed E-state index contributed by atoms with van der Waals surface area (Å²) in [7, 11) is 0. The maximum absolute atomic E-state index is 13.1. The fourth-order valence-corrected chi connectivity index (χ4v) is 3.98. The predicted molar refractivity (Wildman–Crippen MR) is 127 cm³/mol. The minimum absolute atomic E-state index is 0.0549. The van der Waals surface area contributed by atoms with Crippen molar-refractivity contribution in [2.45, 2.75) is 13.0 Å². The van der Waals surface area contributed by atoms with Crippen molar-refractivity contribution < 1.29 is 24.4 Å². The van der Waals surface area contributed by atoms with Gasteiger partial charge in [-0.2, -0.15) is 0 Å². The first-order valence-corrected chi connectivity index (χ1v) is 10.7. The molecule has 1 atom stereocenters. The molecule has 1 aliphatic rings. The van der Waals surface area contributed by atoms with Gasteiger partial charge in [0.15, 0.2) is 0 Å². The Bertz CT molecular complexity index is 1300. The van der Waals surface area contributed by atoms with Crippen molar-refractivity contribution in [3.05, 3.63) is 105 Å².